The van der Waals surface area contributed by atoms with Crippen molar-refractivity contribution in [3.05, 3.63) is 35.0 Å². The zero-order valence-corrected chi connectivity index (χ0v) is 13.6. The van der Waals surface area contributed by atoms with Crippen molar-refractivity contribution in [2.45, 2.75) is 25.8 Å². The molecule has 1 saturated heterocycles. The Kier molecular flexibility index (Phi) is 4.98. The molecule has 0 radical (unpaired) electrons. The Balaban J connectivity index is 1.83. The monoisotopic (exact) mass is 334 g/mol. The largest absolute Gasteiger partial charge is 0.482 e. The number of hydrogen-bond acceptors (Lipinski definition) is 4. The van der Waals surface area contributed by atoms with Gasteiger partial charge in [-0.25, -0.2) is 9.78 Å². The summed E-state index contributed by atoms with van der Waals surface area (Å²) in [5, 5.41) is 10.1. The minimum Gasteiger partial charge on any atom is -0.482 e. The van der Waals surface area contributed by atoms with Crippen molar-refractivity contribution in [3.63, 3.8) is 0 Å². The number of fused-ring (bicyclic) bond motifs is 1. The molecule has 0 spiro atoms. The summed E-state index contributed by atoms with van der Waals surface area (Å²) < 4.78 is 5.22. The van der Waals surface area contributed by atoms with Gasteiger partial charge in [0.05, 0.1) is 5.52 Å². The van der Waals surface area contributed by atoms with E-state index in [-0.39, 0.29) is 6.61 Å². The van der Waals surface area contributed by atoms with Gasteiger partial charge in [-0.3, -0.25) is 4.90 Å². The topological polar surface area (TPSA) is 62.7 Å². The molecule has 1 aliphatic heterocycles. The van der Waals surface area contributed by atoms with Gasteiger partial charge in [-0.15, -0.1) is 0 Å². The summed E-state index contributed by atoms with van der Waals surface area (Å²) in [5.74, 6) is -0.474. The van der Waals surface area contributed by atoms with E-state index in [1.165, 1.54) is 19.3 Å². The van der Waals surface area contributed by atoms with E-state index in [0.29, 0.717) is 10.9 Å². The molecule has 1 aromatic heterocycles. The fraction of sp³-hybridized carbons (Fsp3) is 0.412. The van der Waals surface area contributed by atoms with E-state index in [1.807, 2.05) is 6.07 Å². The van der Waals surface area contributed by atoms with E-state index in [9.17, 15) is 4.79 Å². The molecule has 5 nitrogen and oxygen atoms in total. The van der Waals surface area contributed by atoms with Crippen LogP contribution in [0.1, 0.15) is 24.8 Å². The average molecular weight is 335 g/mol. The fourth-order valence-electron chi connectivity index (χ4n) is 2.88. The van der Waals surface area contributed by atoms with Gasteiger partial charge in [0.1, 0.15) is 10.9 Å². The van der Waals surface area contributed by atoms with Gasteiger partial charge >= 0.3 is 5.97 Å². The zero-order chi connectivity index (χ0) is 16.2. The molecule has 1 N–H and O–H groups in total. The highest BCUT2D eigenvalue weighted by atomic mass is 35.5. The smallest absolute Gasteiger partial charge is 0.341 e. The van der Waals surface area contributed by atoms with Crippen LogP contribution in [0.2, 0.25) is 5.15 Å². The molecule has 0 unspecified atom stereocenters. The van der Waals surface area contributed by atoms with Crippen LogP contribution in [0, 0.1) is 0 Å². The lowest BCUT2D eigenvalue weighted by Gasteiger charge is -2.26. The maximum Gasteiger partial charge on any atom is 0.341 e. The summed E-state index contributed by atoms with van der Waals surface area (Å²) in [7, 11) is 0. The second kappa shape index (κ2) is 7.15. The molecule has 1 fully saturated rings. The minimum atomic E-state index is -0.995. The van der Waals surface area contributed by atoms with Gasteiger partial charge in [0.15, 0.2) is 6.61 Å². The van der Waals surface area contributed by atoms with Gasteiger partial charge in [-0.05, 0) is 50.2 Å². The highest BCUT2D eigenvalue weighted by molar-refractivity contribution is 6.30. The number of aliphatic carboxylic acids is 1. The second-order valence-corrected chi connectivity index (χ2v) is 6.17. The van der Waals surface area contributed by atoms with Crippen LogP contribution in [-0.4, -0.2) is 40.7 Å². The summed E-state index contributed by atoms with van der Waals surface area (Å²) in [6.45, 7) is 2.63. The Bertz CT molecular complexity index is 714. The number of aromatic nitrogens is 1. The fourth-order valence-corrected chi connectivity index (χ4v) is 3.08. The molecule has 0 bridgehead atoms. The number of piperidine rings is 1. The number of carboxylic acid groups (broad SMARTS) is 1. The molecule has 6 heteroatoms. The Morgan fingerprint density at radius 1 is 1.26 bits per heavy atom. The first kappa shape index (κ1) is 16.0. The van der Waals surface area contributed by atoms with Gasteiger partial charge in [0.25, 0.3) is 0 Å². The SMILES string of the molecule is O=C(O)COc1ccc2nc(Cl)c(CN3CCCCC3)cc2c1. The molecule has 23 heavy (non-hydrogen) atoms. The number of nitrogens with zero attached hydrogens (tertiary/aromatic N) is 2. The Hall–Kier alpha value is -1.85. The van der Waals surface area contributed by atoms with Crippen molar-refractivity contribution >= 4 is 28.5 Å². The Morgan fingerprint density at radius 2 is 2.04 bits per heavy atom. The number of rotatable bonds is 5. The van der Waals surface area contributed by atoms with Crippen molar-refractivity contribution in [2.75, 3.05) is 19.7 Å². The molecule has 2 heterocycles. The maximum atomic E-state index is 10.6. The first-order chi connectivity index (χ1) is 11.1. The van der Waals surface area contributed by atoms with Gasteiger partial charge in [-0.2, -0.15) is 0 Å². The highest BCUT2D eigenvalue weighted by Crippen LogP contribution is 2.26. The highest BCUT2D eigenvalue weighted by Gasteiger charge is 2.14. The summed E-state index contributed by atoms with van der Waals surface area (Å²) in [5.41, 5.74) is 1.77. The molecule has 122 valence electrons. The molecular weight excluding hydrogens is 316 g/mol. The van der Waals surface area contributed by atoms with Crippen molar-refractivity contribution in [1.29, 1.82) is 0 Å². The normalized spacial score (nSPS) is 15.7. The van der Waals surface area contributed by atoms with Crippen LogP contribution in [0.5, 0.6) is 5.75 Å². The lowest BCUT2D eigenvalue weighted by molar-refractivity contribution is -0.139. The lowest BCUT2D eigenvalue weighted by atomic mass is 10.1. The van der Waals surface area contributed by atoms with Crippen LogP contribution in [0.3, 0.4) is 0 Å². The van der Waals surface area contributed by atoms with Crippen LogP contribution < -0.4 is 4.74 Å². The van der Waals surface area contributed by atoms with E-state index in [1.54, 1.807) is 18.2 Å². The number of likely N-dealkylation sites (tertiary alicyclic amines) is 1. The van der Waals surface area contributed by atoms with Gasteiger partial charge in [0.2, 0.25) is 0 Å². The van der Waals surface area contributed by atoms with E-state index in [2.05, 4.69) is 9.88 Å². The molecule has 2 aromatic rings. The standard InChI is InChI=1S/C17H19ClN2O3/c18-17-13(10-20-6-2-1-3-7-20)8-12-9-14(23-11-16(21)22)4-5-15(12)19-17/h4-5,8-9H,1-3,6-7,10-11H2,(H,21,22). The number of pyridine rings is 1. The summed E-state index contributed by atoms with van der Waals surface area (Å²) in [6, 6.07) is 7.33. The number of ether oxygens (including phenoxy) is 1. The van der Waals surface area contributed by atoms with Crippen LogP contribution in [0.4, 0.5) is 0 Å². The molecule has 0 amide bonds. The minimum absolute atomic E-state index is 0.354. The number of carbonyl (C=O) groups is 1. The van der Waals surface area contributed by atoms with Crippen molar-refractivity contribution in [3.8, 4) is 5.75 Å². The predicted octanol–water partition coefficient (Wildman–Crippen LogP) is 3.34. The third-order valence-electron chi connectivity index (χ3n) is 4.02. The first-order valence-electron chi connectivity index (χ1n) is 7.78. The molecule has 3 rings (SSSR count). The average Bonchev–Trinajstić information content (AvgIpc) is 2.54. The van der Waals surface area contributed by atoms with Crippen LogP contribution in [0.15, 0.2) is 24.3 Å². The van der Waals surface area contributed by atoms with Gasteiger partial charge < -0.3 is 9.84 Å². The van der Waals surface area contributed by atoms with E-state index >= 15 is 0 Å². The quantitative estimate of drug-likeness (QED) is 0.850. The molecule has 0 atom stereocenters. The van der Waals surface area contributed by atoms with Gasteiger partial charge in [0, 0.05) is 17.5 Å². The Labute approximate surface area is 139 Å². The molecule has 1 aliphatic rings. The maximum absolute atomic E-state index is 10.6. The summed E-state index contributed by atoms with van der Waals surface area (Å²) >= 11 is 6.32. The summed E-state index contributed by atoms with van der Waals surface area (Å²) in [6.07, 6.45) is 3.75. The number of halogens is 1. The van der Waals surface area contributed by atoms with Crippen molar-refractivity contribution in [1.82, 2.24) is 9.88 Å². The third-order valence-corrected chi connectivity index (χ3v) is 4.34. The second-order valence-electron chi connectivity index (χ2n) is 5.81. The third kappa shape index (κ3) is 4.12. The number of benzene rings is 1. The van der Waals surface area contributed by atoms with E-state index < -0.39 is 5.97 Å². The Morgan fingerprint density at radius 3 is 2.78 bits per heavy atom. The van der Waals surface area contributed by atoms with Crippen LogP contribution in [0.25, 0.3) is 10.9 Å². The lowest BCUT2D eigenvalue weighted by Crippen LogP contribution is -2.29. The summed E-state index contributed by atoms with van der Waals surface area (Å²) in [4.78, 5) is 17.4. The van der Waals surface area contributed by atoms with Crippen molar-refractivity contribution in [2.24, 2.45) is 0 Å². The molecular formula is C17H19ClN2O3. The van der Waals surface area contributed by atoms with Crippen molar-refractivity contribution < 1.29 is 14.6 Å². The van der Waals surface area contributed by atoms with E-state index in [0.717, 1.165) is 36.1 Å². The zero-order valence-electron chi connectivity index (χ0n) is 12.8. The van der Waals surface area contributed by atoms with Crippen LogP contribution >= 0.6 is 11.6 Å². The predicted molar refractivity (Wildman–Crippen MR) is 89.0 cm³/mol. The van der Waals surface area contributed by atoms with Crippen LogP contribution in [-0.2, 0) is 11.3 Å². The van der Waals surface area contributed by atoms with E-state index in [4.69, 9.17) is 21.4 Å². The molecule has 0 saturated carbocycles. The molecule has 1 aromatic carbocycles. The molecule has 0 aliphatic carbocycles. The van der Waals surface area contributed by atoms with Gasteiger partial charge in [-0.1, -0.05) is 18.0 Å². The number of carboxylic acids is 1. The first-order valence-corrected chi connectivity index (χ1v) is 8.16. The number of hydrogen-bond donors (Lipinski definition) is 1.